The van der Waals surface area contributed by atoms with Gasteiger partial charge in [-0.15, -0.1) is 0 Å². The molecule has 0 amide bonds. The smallest absolute Gasteiger partial charge is 0.264 e. The number of nitrogens with two attached hydrogens (primary N) is 1. The van der Waals surface area contributed by atoms with Crippen molar-refractivity contribution in [3.05, 3.63) is 40.3 Å². The number of nitrogens with one attached hydrogen (secondary N) is 1. The maximum Gasteiger partial charge on any atom is 0.264 e. The number of pyridine rings is 1. The highest BCUT2D eigenvalue weighted by molar-refractivity contribution is 9.10. The van der Waals surface area contributed by atoms with Crippen molar-refractivity contribution < 1.29 is 8.42 Å². The Morgan fingerprint density at radius 2 is 2.14 bits per heavy atom. The van der Waals surface area contributed by atoms with Crippen LogP contribution in [0.1, 0.15) is 18.3 Å². The maximum atomic E-state index is 12.4. The van der Waals surface area contributed by atoms with Crippen LogP contribution in [0.5, 0.6) is 0 Å². The van der Waals surface area contributed by atoms with Gasteiger partial charge in [-0.25, -0.2) is 13.4 Å². The molecule has 21 heavy (non-hydrogen) atoms. The fourth-order valence-corrected chi connectivity index (χ4v) is 3.22. The Morgan fingerprint density at radius 1 is 1.43 bits per heavy atom. The van der Waals surface area contributed by atoms with E-state index < -0.39 is 10.0 Å². The van der Waals surface area contributed by atoms with Crippen molar-refractivity contribution in [2.45, 2.75) is 31.8 Å². The summed E-state index contributed by atoms with van der Waals surface area (Å²) >= 11 is 3.33. The molecule has 0 atom stereocenters. The standard InChI is InChI=1S/C13H17BrN4O2S/c1-3-18-8-11(6-10(18)7-15)21(19,20)17-13-5-4-12(14)9(2)16-13/h4-6,8H,3,7,15H2,1-2H3,(H,16,17). The Hall–Kier alpha value is -1.38. The van der Waals surface area contributed by atoms with Crippen LogP contribution in [-0.2, 0) is 23.1 Å². The first-order valence-corrected chi connectivity index (χ1v) is 8.70. The van der Waals surface area contributed by atoms with Crippen LogP contribution in [0.25, 0.3) is 0 Å². The van der Waals surface area contributed by atoms with E-state index in [1.165, 1.54) is 0 Å². The summed E-state index contributed by atoms with van der Waals surface area (Å²) in [6.45, 7) is 4.68. The molecule has 2 aromatic rings. The van der Waals surface area contributed by atoms with Gasteiger partial charge in [0.05, 0.1) is 5.69 Å². The van der Waals surface area contributed by atoms with E-state index >= 15 is 0 Å². The topological polar surface area (TPSA) is 90.0 Å². The number of hydrogen-bond acceptors (Lipinski definition) is 4. The minimum atomic E-state index is -3.67. The molecule has 0 unspecified atom stereocenters. The van der Waals surface area contributed by atoms with Crippen molar-refractivity contribution in [1.29, 1.82) is 0 Å². The molecule has 0 aliphatic heterocycles. The van der Waals surface area contributed by atoms with Crippen LogP contribution in [0.2, 0.25) is 0 Å². The summed E-state index contributed by atoms with van der Waals surface area (Å²) in [6.07, 6.45) is 1.58. The summed E-state index contributed by atoms with van der Waals surface area (Å²) in [5, 5.41) is 0. The first kappa shape index (κ1) is 16.0. The molecule has 2 heterocycles. The fourth-order valence-electron chi connectivity index (χ4n) is 1.94. The normalized spacial score (nSPS) is 11.6. The van der Waals surface area contributed by atoms with Gasteiger partial charge in [-0.3, -0.25) is 4.72 Å². The average Bonchev–Trinajstić information content (AvgIpc) is 2.86. The first-order valence-electron chi connectivity index (χ1n) is 6.42. The lowest BCUT2D eigenvalue weighted by molar-refractivity contribution is 0.600. The molecular weight excluding hydrogens is 356 g/mol. The van der Waals surface area contributed by atoms with Gasteiger partial charge in [0.15, 0.2) is 0 Å². The van der Waals surface area contributed by atoms with Crippen molar-refractivity contribution in [2.24, 2.45) is 5.73 Å². The molecular formula is C13H17BrN4O2S. The lowest BCUT2D eigenvalue weighted by Gasteiger charge is -2.07. The van der Waals surface area contributed by atoms with Gasteiger partial charge in [-0.1, -0.05) is 0 Å². The summed E-state index contributed by atoms with van der Waals surface area (Å²) in [5.74, 6) is 0.286. The van der Waals surface area contributed by atoms with Crippen molar-refractivity contribution >= 4 is 31.8 Å². The lowest BCUT2D eigenvalue weighted by Crippen LogP contribution is -2.13. The number of nitrogens with zero attached hydrogens (tertiary/aromatic N) is 2. The molecule has 0 radical (unpaired) electrons. The van der Waals surface area contributed by atoms with E-state index in [-0.39, 0.29) is 10.7 Å². The third-order valence-corrected chi connectivity index (χ3v) is 5.24. The van der Waals surface area contributed by atoms with Gasteiger partial charge in [0.1, 0.15) is 10.7 Å². The maximum absolute atomic E-state index is 12.4. The molecule has 0 fully saturated rings. The fraction of sp³-hybridized carbons (Fsp3) is 0.308. The predicted molar refractivity (Wildman–Crippen MR) is 85.5 cm³/mol. The summed E-state index contributed by atoms with van der Waals surface area (Å²) in [4.78, 5) is 4.37. The molecule has 0 aliphatic carbocycles. The van der Waals surface area contributed by atoms with Gasteiger partial charge in [-0.05, 0) is 48.0 Å². The Labute approximate surface area is 132 Å². The van der Waals surface area contributed by atoms with E-state index in [0.717, 1.165) is 10.2 Å². The highest BCUT2D eigenvalue weighted by atomic mass is 79.9. The van der Waals surface area contributed by atoms with E-state index in [2.05, 4.69) is 25.6 Å². The number of sulfonamides is 1. The minimum Gasteiger partial charge on any atom is -0.349 e. The van der Waals surface area contributed by atoms with Gasteiger partial charge in [0.25, 0.3) is 10.0 Å². The Bertz CT molecular complexity index is 734. The molecule has 0 saturated carbocycles. The zero-order valence-electron chi connectivity index (χ0n) is 11.8. The Morgan fingerprint density at radius 3 is 2.67 bits per heavy atom. The van der Waals surface area contributed by atoms with Crippen LogP contribution < -0.4 is 10.5 Å². The second-order valence-corrected chi connectivity index (χ2v) is 7.06. The third-order valence-electron chi connectivity index (χ3n) is 3.08. The molecule has 8 heteroatoms. The highest BCUT2D eigenvalue weighted by Gasteiger charge is 2.18. The summed E-state index contributed by atoms with van der Waals surface area (Å²) in [6, 6.07) is 4.94. The summed E-state index contributed by atoms with van der Waals surface area (Å²) in [5.41, 5.74) is 7.11. The van der Waals surface area contributed by atoms with E-state index in [9.17, 15) is 8.42 Å². The Kier molecular flexibility index (Phi) is 4.70. The average molecular weight is 373 g/mol. The predicted octanol–water partition coefficient (Wildman–Crippen LogP) is 2.23. The van der Waals surface area contributed by atoms with Gasteiger partial charge in [0, 0.05) is 29.5 Å². The number of anilines is 1. The number of aromatic nitrogens is 2. The molecule has 0 saturated heterocycles. The van der Waals surface area contributed by atoms with Crippen LogP contribution in [0.15, 0.2) is 33.8 Å². The lowest BCUT2D eigenvalue weighted by atomic mass is 10.4. The molecule has 0 spiro atoms. The molecule has 0 aromatic carbocycles. The van der Waals surface area contributed by atoms with Crippen LogP contribution in [0.4, 0.5) is 5.82 Å². The number of hydrogen-bond donors (Lipinski definition) is 2. The van der Waals surface area contributed by atoms with E-state index in [0.29, 0.717) is 18.8 Å². The monoisotopic (exact) mass is 372 g/mol. The van der Waals surface area contributed by atoms with E-state index in [1.54, 1.807) is 31.3 Å². The SMILES string of the molecule is CCn1cc(S(=O)(=O)Nc2ccc(Br)c(C)n2)cc1CN. The van der Waals surface area contributed by atoms with E-state index in [4.69, 9.17) is 5.73 Å². The molecule has 2 aromatic heterocycles. The van der Waals surface area contributed by atoms with Crippen LogP contribution in [-0.4, -0.2) is 18.0 Å². The number of rotatable bonds is 5. The van der Waals surface area contributed by atoms with Crippen LogP contribution in [0.3, 0.4) is 0 Å². The third kappa shape index (κ3) is 3.45. The van der Waals surface area contributed by atoms with Crippen molar-refractivity contribution in [3.63, 3.8) is 0 Å². The van der Waals surface area contributed by atoms with Gasteiger partial charge in [0.2, 0.25) is 0 Å². The largest absolute Gasteiger partial charge is 0.349 e. The number of halogens is 1. The summed E-state index contributed by atoms with van der Waals surface area (Å²) in [7, 11) is -3.67. The van der Waals surface area contributed by atoms with Gasteiger partial charge < -0.3 is 10.3 Å². The van der Waals surface area contributed by atoms with Crippen molar-refractivity contribution in [2.75, 3.05) is 4.72 Å². The number of aryl methyl sites for hydroxylation is 2. The molecule has 6 nitrogen and oxygen atoms in total. The van der Waals surface area contributed by atoms with E-state index in [1.807, 2.05) is 11.5 Å². The van der Waals surface area contributed by atoms with Gasteiger partial charge >= 0.3 is 0 Å². The zero-order chi connectivity index (χ0) is 15.6. The van der Waals surface area contributed by atoms with Crippen LogP contribution in [0, 0.1) is 6.92 Å². The van der Waals surface area contributed by atoms with Crippen molar-refractivity contribution in [1.82, 2.24) is 9.55 Å². The van der Waals surface area contributed by atoms with Crippen molar-refractivity contribution in [3.8, 4) is 0 Å². The quantitative estimate of drug-likeness (QED) is 0.841. The van der Waals surface area contributed by atoms with Gasteiger partial charge in [-0.2, -0.15) is 0 Å². The molecule has 0 bridgehead atoms. The van der Waals surface area contributed by atoms with Crippen LogP contribution >= 0.6 is 15.9 Å². The molecule has 0 aliphatic rings. The highest BCUT2D eigenvalue weighted by Crippen LogP contribution is 2.20. The summed E-state index contributed by atoms with van der Waals surface area (Å²) < 4.78 is 29.9. The first-order chi connectivity index (χ1) is 9.87. The minimum absolute atomic E-state index is 0.187. The molecule has 3 N–H and O–H groups in total. The Balaban J connectivity index is 2.33. The molecule has 114 valence electrons. The second-order valence-electron chi connectivity index (χ2n) is 4.53. The second kappa shape index (κ2) is 6.17. The molecule has 2 rings (SSSR count). The zero-order valence-corrected chi connectivity index (χ0v) is 14.2.